The van der Waals surface area contributed by atoms with Gasteiger partial charge in [0, 0.05) is 5.69 Å². The molecule has 0 spiro atoms. The van der Waals surface area contributed by atoms with Crippen LogP contribution in [0.1, 0.15) is 35.7 Å². The van der Waals surface area contributed by atoms with E-state index in [1.807, 2.05) is 0 Å². The minimum absolute atomic E-state index is 0.374. The fourth-order valence-corrected chi connectivity index (χ4v) is 2.18. The maximum absolute atomic E-state index is 11.1. The predicted molar refractivity (Wildman–Crippen MR) is 54.7 cm³/mol. The Hall–Kier alpha value is -1.36. The lowest BCUT2D eigenvalue weighted by Crippen LogP contribution is -2.17. The molecule has 15 heavy (non-hydrogen) atoms. The number of hydrogen-bond donors (Lipinski definition) is 3. The molecule has 1 aliphatic carbocycles. The van der Waals surface area contributed by atoms with Gasteiger partial charge in [0.25, 0.3) is 0 Å². The summed E-state index contributed by atoms with van der Waals surface area (Å²) in [7, 11) is 0. The van der Waals surface area contributed by atoms with Crippen LogP contribution in [-0.4, -0.2) is 27.8 Å². The number of H-pyrrole nitrogens is 1. The number of carboxylic acid groups (broad SMARTS) is 1. The van der Waals surface area contributed by atoms with Crippen LogP contribution in [0.25, 0.3) is 0 Å². The van der Waals surface area contributed by atoms with Gasteiger partial charge >= 0.3 is 5.97 Å². The van der Waals surface area contributed by atoms with Crippen LogP contribution in [0.15, 0.2) is 0 Å². The van der Waals surface area contributed by atoms with Crippen molar-refractivity contribution in [3.05, 3.63) is 17.0 Å². The Balaban J connectivity index is 2.29. The molecule has 0 fully saturated rings. The minimum Gasteiger partial charge on any atom is -0.481 e. The smallest absolute Gasteiger partial charge is 0.312 e. The first-order valence-electron chi connectivity index (χ1n) is 5.23. The van der Waals surface area contributed by atoms with Gasteiger partial charge in [-0.15, -0.1) is 0 Å². The number of fused-ring (bicyclic) bond motifs is 1. The van der Waals surface area contributed by atoms with E-state index < -0.39 is 11.9 Å². The highest BCUT2D eigenvalue weighted by molar-refractivity contribution is 5.76. The Morgan fingerprint density at radius 1 is 1.60 bits per heavy atom. The first kappa shape index (κ1) is 10.2. The van der Waals surface area contributed by atoms with Gasteiger partial charge in [-0.1, -0.05) is 0 Å². The largest absolute Gasteiger partial charge is 0.481 e. The molecule has 0 amide bonds. The molecule has 0 bridgehead atoms. The van der Waals surface area contributed by atoms with Crippen molar-refractivity contribution in [3.8, 4) is 0 Å². The van der Waals surface area contributed by atoms with E-state index in [9.17, 15) is 4.79 Å². The number of rotatable bonds is 4. The van der Waals surface area contributed by atoms with Gasteiger partial charge in [0.15, 0.2) is 0 Å². The van der Waals surface area contributed by atoms with Crippen molar-refractivity contribution in [3.63, 3.8) is 0 Å². The van der Waals surface area contributed by atoms with Crippen molar-refractivity contribution in [1.82, 2.24) is 10.2 Å². The topological polar surface area (TPSA) is 92.0 Å². The summed E-state index contributed by atoms with van der Waals surface area (Å²) >= 11 is 0. The molecule has 1 unspecified atom stereocenters. The highest BCUT2D eigenvalue weighted by atomic mass is 16.4. The number of hydrogen-bond acceptors (Lipinski definition) is 3. The molecule has 1 heterocycles. The third-order valence-corrected chi connectivity index (χ3v) is 2.92. The number of aromatic amines is 1. The third-order valence-electron chi connectivity index (χ3n) is 2.92. The fraction of sp³-hybridized carbons (Fsp3) is 0.600. The summed E-state index contributed by atoms with van der Waals surface area (Å²) in [6, 6.07) is 0. The molecule has 1 aliphatic rings. The van der Waals surface area contributed by atoms with Crippen LogP contribution >= 0.6 is 0 Å². The highest BCUT2D eigenvalue weighted by Gasteiger charge is 2.28. The van der Waals surface area contributed by atoms with Gasteiger partial charge in [0.2, 0.25) is 0 Å². The first-order valence-corrected chi connectivity index (χ1v) is 5.23. The summed E-state index contributed by atoms with van der Waals surface area (Å²) in [6.07, 6.45) is 3.46. The van der Waals surface area contributed by atoms with Gasteiger partial charge in [0.1, 0.15) is 5.92 Å². The number of nitrogens with zero attached hydrogens (tertiary/aromatic N) is 1. The molecule has 4 N–H and O–H groups in total. The summed E-state index contributed by atoms with van der Waals surface area (Å²) < 4.78 is 0. The van der Waals surface area contributed by atoms with Gasteiger partial charge in [-0.05, 0) is 37.8 Å². The second kappa shape index (κ2) is 4.02. The summed E-state index contributed by atoms with van der Waals surface area (Å²) in [5.41, 5.74) is 8.32. The van der Waals surface area contributed by atoms with Gasteiger partial charge < -0.3 is 10.8 Å². The van der Waals surface area contributed by atoms with Crippen LogP contribution in [0.3, 0.4) is 0 Å². The standard InChI is InChI=1S/C10H15N3O2/c11-5-4-7(10(14)15)9-6-2-1-3-8(6)12-13-9/h7H,1-5,11H2,(H,12,13)(H,14,15). The van der Waals surface area contributed by atoms with Crippen LogP contribution in [-0.2, 0) is 17.6 Å². The van der Waals surface area contributed by atoms with Crippen LogP contribution in [0.5, 0.6) is 0 Å². The molecule has 0 radical (unpaired) electrons. The van der Waals surface area contributed by atoms with E-state index >= 15 is 0 Å². The van der Waals surface area contributed by atoms with E-state index in [4.69, 9.17) is 10.8 Å². The molecule has 1 aromatic heterocycles. The Bertz CT molecular complexity index is 373. The van der Waals surface area contributed by atoms with Gasteiger partial charge in [-0.25, -0.2) is 0 Å². The van der Waals surface area contributed by atoms with E-state index in [2.05, 4.69) is 10.2 Å². The molecule has 0 saturated heterocycles. The van der Waals surface area contributed by atoms with Gasteiger partial charge in [-0.3, -0.25) is 9.89 Å². The van der Waals surface area contributed by atoms with Crippen molar-refractivity contribution in [2.24, 2.45) is 5.73 Å². The zero-order chi connectivity index (χ0) is 10.8. The zero-order valence-electron chi connectivity index (χ0n) is 8.49. The molecule has 5 heteroatoms. The summed E-state index contributed by atoms with van der Waals surface area (Å²) in [5, 5.41) is 16.1. The maximum atomic E-state index is 11.1. The average Bonchev–Trinajstić information content (AvgIpc) is 2.75. The number of carboxylic acids is 1. The molecule has 1 aromatic rings. The molecule has 2 rings (SSSR count). The van der Waals surface area contributed by atoms with Crippen LogP contribution in [0.2, 0.25) is 0 Å². The number of aryl methyl sites for hydroxylation is 1. The number of aromatic nitrogens is 2. The molecule has 0 aromatic carbocycles. The number of nitrogens with two attached hydrogens (primary N) is 1. The van der Waals surface area contributed by atoms with E-state index in [0.29, 0.717) is 18.7 Å². The molecular formula is C10H15N3O2. The monoisotopic (exact) mass is 209 g/mol. The molecule has 1 atom stereocenters. The zero-order valence-corrected chi connectivity index (χ0v) is 8.49. The number of aliphatic carboxylic acids is 1. The second-order valence-corrected chi connectivity index (χ2v) is 3.89. The molecule has 5 nitrogen and oxygen atoms in total. The van der Waals surface area contributed by atoms with Gasteiger partial charge in [0.05, 0.1) is 5.69 Å². The molecule has 82 valence electrons. The minimum atomic E-state index is -0.832. The fourth-order valence-electron chi connectivity index (χ4n) is 2.18. The normalized spacial score (nSPS) is 16.3. The summed E-state index contributed by atoms with van der Waals surface area (Å²) in [4.78, 5) is 11.1. The van der Waals surface area contributed by atoms with E-state index in [-0.39, 0.29) is 0 Å². The van der Waals surface area contributed by atoms with E-state index in [1.54, 1.807) is 0 Å². The quantitative estimate of drug-likeness (QED) is 0.670. The Labute approximate surface area is 87.7 Å². The van der Waals surface area contributed by atoms with Gasteiger partial charge in [-0.2, -0.15) is 5.10 Å². The third kappa shape index (κ3) is 1.74. The van der Waals surface area contributed by atoms with Crippen molar-refractivity contribution in [1.29, 1.82) is 0 Å². The average molecular weight is 209 g/mol. The predicted octanol–water partition coefficient (Wildman–Crippen LogP) is 0.415. The Morgan fingerprint density at radius 3 is 3.07 bits per heavy atom. The summed E-state index contributed by atoms with van der Waals surface area (Å²) in [5.74, 6) is -1.38. The number of carbonyl (C=O) groups is 1. The molecule has 0 aliphatic heterocycles. The highest BCUT2D eigenvalue weighted by Crippen LogP contribution is 2.29. The molecule has 0 saturated carbocycles. The van der Waals surface area contributed by atoms with Crippen molar-refractivity contribution < 1.29 is 9.90 Å². The Kier molecular flexibility index (Phi) is 2.73. The lowest BCUT2D eigenvalue weighted by Gasteiger charge is -2.09. The van der Waals surface area contributed by atoms with Crippen molar-refractivity contribution >= 4 is 5.97 Å². The maximum Gasteiger partial charge on any atom is 0.312 e. The van der Waals surface area contributed by atoms with Crippen molar-refractivity contribution in [2.45, 2.75) is 31.6 Å². The first-order chi connectivity index (χ1) is 7.24. The van der Waals surface area contributed by atoms with Crippen LogP contribution < -0.4 is 5.73 Å². The number of nitrogens with one attached hydrogen (secondary N) is 1. The van der Waals surface area contributed by atoms with E-state index in [1.165, 1.54) is 0 Å². The Morgan fingerprint density at radius 2 is 2.40 bits per heavy atom. The molecular weight excluding hydrogens is 194 g/mol. The lowest BCUT2D eigenvalue weighted by molar-refractivity contribution is -0.139. The van der Waals surface area contributed by atoms with Crippen LogP contribution in [0, 0.1) is 0 Å². The summed E-state index contributed by atoms with van der Waals surface area (Å²) in [6.45, 7) is 0.374. The second-order valence-electron chi connectivity index (χ2n) is 3.89. The SMILES string of the molecule is NCCC(C(=O)O)c1n[nH]c2c1CCC2. The van der Waals surface area contributed by atoms with Crippen LogP contribution in [0.4, 0.5) is 0 Å². The lowest BCUT2D eigenvalue weighted by atomic mass is 9.97. The van der Waals surface area contributed by atoms with E-state index in [0.717, 1.165) is 30.5 Å². The van der Waals surface area contributed by atoms with Crippen molar-refractivity contribution in [2.75, 3.05) is 6.54 Å².